The van der Waals surface area contributed by atoms with Gasteiger partial charge in [-0.3, -0.25) is 0 Å². The predicted molar refractivity (Wildman–Crippen MR) is 99.0 cm³/mol. The Morgan fingerprint density at radius 1 is 1.08 bits per heavy atom. The van der Waals surface area contributed by atoms with E-state index in [0.717, 1.165) is 30.1 Å². The van der Waals surface area contributed by atoms with Crippen molar-refractivity contribution in [1.82, 2.24) is 19.8 Å². The van der Waals surface area contributed by atoms with E-state index in [-0.39, 0.29) is 0 Å². The van der Waals surface area contributed by atoms with E-state index >= 15 is 0 Å². The third kappa shape index (κ3) is 3.93. The monoisotopic (exact) mass is 321 g/mol. The molecule has 0 bridgehead atoms. The van der Waals surface area contributed by atoms with Gasteiger partial charge in [0.15, 0.2) is 5.96 Å². The van der Waals surface area contributed by atoms with Gasteiger partial charge in [-0.05, 0) is 17.7 Å². The SMILES string of the molecule is CN(C)C(=NCc1ccccc1)NCCn1cnc2ccccc21. The van der Waals surface area contributed by atoms with Crippen LogP contribution in [0.25, 0.3) is 11.0 Å². The molecule has 2 aromatic carbocycles. The van der Waals surface area contributed by atoms with E-state index in [2.05, 4.69) is 38.1 Å². The number of fused-ring (bicyclic) bond motifs is 1. The summed E-state index contributed by atoms with van der Waals surface area (Å²) in [4.78, 5) is 11.1. The van der Waals surface area contributed by atoms with Crippen LogP contribution in [0.1, 0.15) is 5.56 Å². The zero-order chi connectivity index (χ0) is 16.8. The van der Waals surface area contributed by atoms with Crippen molar-refractivity contribution in [2.24, 2.45) is 4.99 Å². The molecule has 0 spiro atoms. The molecule has 0 fully saturated rings. The van der Waals surface area contributed by atoms with Crippen LogP contribution >= 0.6 is 0 Å². The zero-order valence-corrected chi connectivity index (χ0v) is 14.2. The van der Waals surface area contributed by atoms with Crippen LogP contribution in [-0.2, 0) is 13.1 Å². The molecule has 0 aliphatic rings. The fourth-order valence-corrected chi connectivity index (χ4v) is 2.58. The Morgan fingerprint density at radius 2 is 1.83 bits per heavy atom. The van der Waals surface area contributed by atoms with Crippen molar-refractivity contribution >= 4 is 17.0 Å². The van der Waals surface area contributed by atoms with Gasteiger partial charge in [0, 0.05) is 27.2 Å². The molecule has 1 heterocycles. The maximum absolute atomic E-state index is 4.68. The maximum atomic E-state index is 4.68. The number of aliphatic imine (C=N–C) groups is 1. The molecule has 3 aromatic rings. The lowest BCUT2D eigenvalue weighted by molar-refractivity contribution is 0.566. The average molecular weight is 321 g/mol. The minimum absolute atomic E-state index is 0.676. The van der Waals surface area contributed by atoms with E-state index in [1.54, 1.807) is 0 Å². The first-order valence-electron chi connectivity index (χ1n) is 8.13. The van der Waals surface area contributed by atoms with Gasteiger partial charge in [0.05, 0.1) is 23.9 Å². The standard InChI is InChI=1S/C19H23N5/c1-23(2)19(21-14-16-8-4-3-5-9-16)20-12-13-24-15-22-17-10-6-7-11-18(17)24/h3-11,15H,12-14H2,1-2H3,(H,20,21). The van der Waals surface area contributed by atoms with Gasteiger partial charge < -0.3 is 14.8 Å². The summed E-state index contributed by atoms with van der Waals surface area (Å²) in [6, 6.07) is 18.5. The van der Waals surface area contributed by atoms with Crippen molar-refractivity contribution in [3.8, 4) is 0 Å². The van der Waals surface area contributed by atoms with Crippen molar-refractivity contribution in [3.63, 3.8) is 0 Å². The number of aromatic nitrogens is 2. The quantitative estimate of drug-likeness (QED) is 0.580. The van der Waals surface area contributed by atoms with Gasteiger partial charge in [0.1, 0.15) is 0 Å². The summed E-state index contributed by atoms with van der Waals surface area (Å²) in [6.45, 7) is 2.32. The highest BCUT2D eigenvalue weighted by atomic mass is 15.3. The summed E-state index contributed by atoms with van der Waals surface area (Å²) in [5.41, 5.74) is 3.40. The highest BCUT2D eigenvalue weighted by Gasteiger charge is 2.04. The average Bonchev–Trinajstić information content (AvgIpc) is 3.02. The summed E-state index contributed by atoms with van der Waals surface area (Å²) < 4.78 is 2.16. The van der Waals surface area contributed by atoms with Gasteiger partial charge in [0.25, 0.3) is 0 Å². The van der Waals surface area contributed by atoms with Crippen molar-refractivity contribution in [2.75, 3.05) is 20.6 Å². The second-order valence-electron chi connectivity index (χ2n) is 5.87. The molecule has 3 rings (SSSR count). The molecular formula is C19H23N5. The van der Waals surface area contributed by atoms with Gasteiger partial charge in [0.2, 0.25) is 0 Å². The Balaban J connectivity index is 1.60. The first-order valence-corrected chi connectivity index (χ1v) is 8.13. The van der Waals surface area contributed by atoms with E-state index in [0.29, 0.717) is 6.54 Å². The largest absolute Gasteiger partial charge is 0.354 e. The van der Waals surface area contributed by atoms with Crippen molar-refractivity contribution in [3.05, 3.63) is 66.5 Å². The van der Waals surface area contributed by atoms with E-state index in [4.69, 9.17) is 0 Å². The molecule has 0 atom stereocenters. The highest BCUT2D eigenvalue weighted by Crippen LogP contribution is 2.11. The third-order valence-corrected chi connectivity index (χ3v) is 3.84. The molecular weight excluding hydrogens is 298 g/mol. The van der Waals surface area contributed by atoms with Crippen molar-refractivity contribution < 1.29 is 0 Å². The molecule has 0 saturated carbocycles. The van der Waals surface area contributed by atoms with Crippen LogP contribution in [0.5, 0.6) is 0 Å². The molecule has 1 aromatic heterocycles. The number of nitrogens with zero attached hydrogens (tertiary/aromatic N) is 4. The van der Waals surface area contributed by atoms with Crippen LogP contribution in [0.4, 0.5) is 0 Å². The molecule has 24 heavy (non-hydrogen) atoms. The smallest absolute Gasteiger partial charge is 0.193 e. The lowest BCUT2D eigenvalue weighted by Gasteiger charge is -2.18. The Bertz CT molecular complexity index is 805. The summed E-state index contributed by atoms with van der Waals surface area (Å²) >= 11 is 0. The fraction of sp³-hybridized carbons (Fsp3) is 0.263. The number of para-hydroxylation sites is 2. The van der Waals surface area contributed by atoms with Gasteiger partial charge in [-0.25, -0.2) is 9.98 Å². The first-order chi connectivity index (χ1) is 11.7. The lowest BCUT2D eigenvalue weighted by Crippen LogP contribution is -2.38. The Hall–Kier alpha value is -2.82. The van der Waals surface area contributed by atoms with Crippen LogP contribution < -0.4 is 5.32 Å². The van der Waals surface area contributed by atoms with Crippen LogP contribution in [-0.4, -0.2) is 41.1 Å². The summed E-state index contributed by atoms with van der Waals surface area (Å²) in [7, 11) is 4.01. The van der Waals surface area contributed by atoms with E-state index in [9.17, 15) is 0 Å². The first kappa shape index (κ1) is 16.1. The number of rotatable bonds is 5. The normalized spacial score (nSPS) is 11.7. The molecule has 0 saturated heterocycles. The molecule has 0 amide bonds. The van der Waals surface area contributed by atoms with Crippen LogP contribution in [0, 0.1) is 0 Å². The third-order valence-electron chi connectivity index (χ3n) is 3.84. The van der Waals surface area contributed by atoms with Crippen LogP contribution in [0.3, 0.4) is 0 Å². The Labute approximate surface area is 142 Å². The number of guanidine groups is 1. The molecule has 5 heteroatoms. The molecule has 0 aliphatic heterocycles. The minimum atomic E-state index is 0.676. The maximum Gasteiger partial charge on any atom is 0.193 e. The predicted octanol–water partition coefficient (Wildman–Crippen LogP) is 2.74. The number of hydrogen-bond acceptors (Lipinski definition) is 2. The van der Waals surface area contributed by atoms with E-state index in [1.807, 2.05) is 61.7 Å². The molecule has 0 aliphatic carbocycles. The second kappa shape index (κ2) is 7.64. The molecule has 5 nitrogen and oxygen atoms in total. The molecule has 1 N–H and O–H groups in total. The Kier molecular flexibility index (Phi) is 5.11. The number of benzene rings is 2. The van der Waals surface area contributed by atoms with Gasteiger partial charge in [-0.15, -0.1) is 0 Å². The summed E-state index contributed by atoms with van der Waals surface area (Å²) in [5.74, 6) is 0.892. The van der Waals surface area contributed by atoms with Crippen molar-refractivity contribution in [1.29, 1.82) is 0 Å². The number of hydrogen-bond donors (Lipinski definition) is 1. The van der Waals surface area contributed by atoms with Gasteiger partial charge in [-0.1, -0.05) is 42.5 Å². The van der Waals surface area contributed by atoms with E-state index in [1.165, 1.54) is 5.56 Å². The molecule has 0 radical (unpaired) electrons. The topological polar surface area (TPSA) is 45.5 Å². The second-order valence-corrected chi connectivity index (χ2v) is 5.87. The van der Waals surface area contributed by atoms with E-state index < -0.39 is 0 Å². The highest BCUT2D eigenvalue weighted by molar-refractivity contribution is 5.79. The molecule has 0 unspecified atom stereocenters. The fourth-order valence-electron chi connectivity index (χ4n) is 2.58. The minimum Gasteiger partial charge on any atom is -0.354 e. The Morgan fingerprint density at radius 3 is 2.62 bits per heavy atom. The van der Waals surface area contributed by atoms with Gasteiger partial charge in [-0.2, -0.15) is 0 Å². The summed E-state index contributed by atoms with van der Waals surface area (Å²) in [6.07, 6.45) is 1.89. The van der Waals surface area contributed by atoms with Gasteiger partial charge >= 0.3 is 0 Å². The van der Waals surface area contributed by atoms with Crippen LogP contribution in [0.2, 0.25) is 0 Å². The number of imidazole rings is 1. The number of nitrogens with one attached hydrogen (secondary N) is 1. The van der Waals surface area contributed by atoms with Crippen molar-refractivity contribution in [2.45, 2.75) is 13.1 Å². The molecule has 124 valence electrons. The summed E-state index contributed by atoms with van der Waals surface area (Å²) in [5, 5.41) is 3.42. The zero-order valence-electron chi connectivity index (χ0n) is 14.2. The lowest BCUT2D eigenvalue weighted by atomic mass is 10.2. The van der Waals surface area contributed by atoms with Crippen LogP contribution in [0.15, 0.2) is 65.9 Å².